The number of aromatic hydroxyl groups is 1. The van der Waals surface area contributed by atoms with Gasteiger partial charge in [-0.05, 0) is 43.0 Å². The number of hydrogen-bond acceptors (Lipinski definition) is 4. The summed E-state index contributed by atoms with van der Waals surface area (Å²) in [6.07, 6.45) is 1.06. The second-order valence-electron chi connectivity index (χ2n) is 6.23. The van der Waals surface area contributed by atoms with Crippen LogP contribution in [0.1, 0.15) is 18.1 Å². The third-order valence-electron chi connectivity index (χ3n) is 4.04. The summed E-state index contributed by atoms with van der Waals surface area (Å²) in [4.78, 5) is 24.3. The van der Waals surface area contributed by atoms with E-state index in [0.717, 1.165) is 17.5 Å². The lowest BCUT2D eigenvalue weighted by molar-refractivity contribution is -0.129. The van der Waals surface area contributed by atoms with Crippen LogP contribution in [0.15, 0.2) is 54.6 Å². The molecule has 6 heteroatoms. The molecule has 2 amide bonds. The van der Waals surface area contributed by atoms with Crippen molar-refractivity contribution in [2.75, 3.05) is 6.54 Å². The summed E-state index contributed by atoms with van der Waals surface area (Å²) in [5, 5.41) is 14.7. The Balaban J connectivity index is 1.74. The molecule has 0 fully saturated rings. The first-order valence-corrected chi connectivity index (χ1v) is 8.61. The predicted octanol–water partition coefficient (Wildman–Crippen LogP) is 1.13. The highest BCUT2D eigenvalue weighted by Crippen LogP contribution is 2.10. The molecule has 2 atom stereocenters. The van der Waals surface area contributed by atoms with Crippen LogP contribution in [-0.2, 0) is 22.4 Å². The van der Waals surface area contributed by atoms with Crippen molar-refractivity contribution >= 4 is 11.8 Å². The highest BCUT2D eigenvalue weighted by Gasteiger charge is 2.20. The van der Waals surface area contributed by atoms with Gasteiger partial charge in [0, 0.05) is 6.54 Å². The van der Waals surface area contributed by atoms with Gasteiger partial charge in [-0.2, -0.15) is 0 Å². The number of phenols is 1. The first-order chi connectivity index (χ1) is 12.5. The second kappa shape index (κ2) is 9.58. The lowest BCUT2D eigenvalue weighted by Crippen LogP contribution is -2.51. The zero-order valence-corrected chi connectivity index (χ0v) is 14.8. The van der Waals surface area contributed by atoms with Crippen molar-refractivity contribution in [2.45, 2.75) is 31.8 Å². The number of rotatable bonds is 8. The zero-order valence-electron chi connectivity index (χ0n) is 14.8. The fraction of sp³-hybridized carbons (Fsp3) is 0.300. The van der Waals surface area contributed by atoms with E-state index in [9.17, 15) is 14.7 Å². The summed E-state index contributed by atoms with van der Waals surface area (Å²) in [7, 11) is 0. The van der Waals surface area contributed by atoms with E-state index in [2.05, 4.69) is 10.6 Å². The van der Waals surface area contributed by atoms with Crippen molar-refractivity contribution in [3.63, 3.8) is 0 Å². The molecule has 0 spiro atoms. The van der Waals surface area contributed by atoms with Crippen LogP contribution in [0.25, 0.3) is 0 Å². The number of benzene rings is 2. The van der Waals surface area contributed by atoms with E-state index >= 15 is 0 Å². The largest absolute Gasteiger partial charge is 0.508 e. The summed E-state index contributed by atoms with van der Waals surface area (Å²) in [6.45, 7) is 2.13. The first kappa shape index (κ1) is 19.5. The monoisotopic (exact) mass is 355 g/mol. The van der Waals surface area contributed by atoms with Gasteiger partial charge in [0.2, 0.25) is 11.8 Å². The van der Waals surface area contributed by atoms with Crippen LogP contribution in [0, 0.1) is 0 Å². The SMILES string of the molecule is C[C@@H](NC(=O)[C@@H](N)Cc1ccc(O)cc1)C(=O)NCCc1ccccc1. The quantitative estimate of drug-likeness (QED) is 0.570. The number of nitrogens with two attached hydrogens (primary N) is 1. The van der Waals surface area contributed by atoms with Gasteiger partial charge in [-0.3, -0.25) is 9.59 Å². The number of amides is 2. The van der Waals surface area contributed by atoms with Crippen molar-refractivity contribution in [3.05, 3.63) is 65.7 Å². The molecule has 5 N–H and O–H groups in total. The highest BCUT2D eigenvalue weighted by atomic mass is 16.3. The van der Waals surface area contributed by atoms with Crippen molar-refractivity contribution in [3.8, 4) is 5.75 Å². The summed E-state index contributed by atoms with van der Waals surface area (Å²) in [5.74, 6) is -0.470. The maximum Gasteiger partial charge on any atom is 0.242 e. The second-order valence-corrected chi connectivity index (χ2v) is 6.23. The van der Waals surface area contributed by atoms with Crippen LogP contribution in [0.2, 0.25) is 0 Å². The van der Waals surface area contributed by atoms with Crippen LogP contribution in [0.5, 0.6) is 5.75 Å². The summed E-state index contributed by atoms with van der Waals surface area (Å²) < 4.78 is 0. The minimum absolute atomic E-state index is 0.160. The van der Waals surface area contributed by atoms with Gasteiger partial charge >= 0.3 is 0 Å². The third-order valence-corrected chi connectivity index (χ3v) is 4.04. The molecule has 0 radical (unpaired) electrons. The number of phenolic OH excluding ortho intramolecular Hbond substituents is 1. The van der Waals surface area contributed by atoms with Crippen LogP contribution < -0.4 is 16.4 Å². The molecule has 0 aliphatic heterocycles. The normalized spacial score (nSPS) is 12.8. The molecule has 0 aliphatic carbocycles. The Hall–Kier alpha value is -2.86. The van der Waals surface area contributed by atoms with E-state index in [1.165, 1.54) is 0 Å². The molecule has 26 heavy (non-hydrogen) atoms. The molecule has 0 saturated heterocycles. The Kier molecular flexibility index (Phi) is 7.17. The Morgan fingerprint density at radius 3 is 2.31 bits per heavy atom. The Bertz CT molecular complexity index is 717. The smallest absolute Gasteiger partial charge is 0.242 e. The summed E-state index contributed by atoms with van der Waals surface area (Å²) in [6, 6.07) is 14.9. The Labute approximate surface area is 153 Å². The highest BCUT2D eigenvalue weighted by molar-refractivity contribution is 5.89. The van der Waals surface area contributed by atoms with Gasteiger partial charge in [-0.25, -0.2) is 0 Å². The maximum atomic E-state index is 12.2. The van der Waals surface area contributed by atoms with Gasteiger partial charge in [0.15, 0.2) is 0 Å². The Morgan fingerprint density at radius 1 is 1.00 bits per heavy atom. The molecule has 0 unspecified atom stereocenters. The molecule has 0 aromatic heterocycles. The fourth-order valence-electron chi connectivity index (χ4n) is 2.49. The summed E-state index contributed by atoms with van der Waals surface area (Å²) >= 11 is 0. The molecule has 0 heterocycles. The topological polar surface area (TPSA) is 104 Å². The lowest BCUT2D eigenvalue weighted by atomic mass is 10.1. The molecular weight excluding hydrogens is 330 g/mol. The molecule has 0 bridgehead atoms. The molecule has 2 rings (SSSR count). The van der Waals surface area contributed by atoms with Crippen molar-refractivity contribution in [1.29, 1.82) is 0 Å². The maximum absolute atomic E-state index is 12.2. The average Bonchev–Trinajstić information content (AvgIpc) is 2.64. The zero-order chi connectivity index (χ0) is 18.9. The summed E-state index contributed by atoms with van der Waals surface area (Å²) in [5.41, 5.74) is 7.88. The standard InChI is InChI=1S/C20H25N3O3/c1-14(19(25)22-12-11-15-5-3-2-4-6-15)23-20(26)18(21)13-16-7-9-17(24)10-8-16/h2-10,14,18,24H,11-13,21H2,1H3,(H,22,25)(H,23,26)/t14-,18+/m1/s1. The molecule has 138 valence electrons. The predicted molar refractivity (Wildman–Crippen MR) is 101 cm³/mol. The van der Waals surface area contributed by atoms with E-state index < -0.39 is 12.1 Å². The van der Waals surface area contributed by atoms with Crippen molar-refractivity contribution in [2.24, 2.45) is 5.73 Å². The molecular formula is C20H25N3O3. The van der Waals surface area contributed by atoms with Gasteiger partial charge < -0.3 is 21.5 Å². The van der Waals surface area contributed by atoms with E-state index in [0.29, 0.717) is 13.0 Å². The minimum Gasteiger partial charge on any atom is -0.508 e. The average molecular weight is 355 g/mol. The van der Waals surface area contributed by atoms with E-state index in [1.54, 1.807) is 31.2 Å². The van der Waals surface area contributed by atoms with Crippen molar-refractivity contribution in [1.82, 2.24) is 10.6 Å². The first-order valence-electron chi connectivity index (χ1n) is 8.61. The van der Waals surface area contributed by atoms with Crippen molar-refractivity contribution < 1.29 is 14.7 Å². The number of hydrogen-bond donors (Lipinski definition) is 4. The minimum atomic E-state index is -0.765. The molecule has 2 aromatic carbocycles. The molecule has 0 saturated carbocycles. The van der Waals surface area contributed by atoms with E-state index in [1.807, 2.05) is 30.3 Å². The van der Waals surface area contributed by atoms with Crippen LogP contribution >= 0.6 is 0 Å². The third kappa shape index (κ3) is 6.22. The van der Waals surface area contributed by atoms with Gasteiger partial charge in [-0.1, -0.05) is 42.5 Å². The molecule has 6 nitrogen and oxygen atoms in total. The van der Waals surface area contributed by atoms with Gasteiger partial charge in [0.25, 0.3) is 0 Å². The van der Waals surface area contributed by atoms with Gasteiger partial charge in [0.05, 0.1) is 6.04 Å². The van der Waals surface area contributed by atoms with Crippen LogP contribution in [-0.4, -0.2) is 35.5 Å². The Morgan fingerprint density at radius 2 is 1.65 bits per heavy atom. The lowest BCUT2D eigenvalue weighted by Gasteiger charge is -2.17. The van der Waals surface area contributed by atoms with Gasteiger partial charge in [0.1, 0.15) is 11.8 Å². The fourth-order valence-corrected chi connectivity index (χ4v) is 2.49. The van der Waals surface area contributed by atoms with E-state index in [4.69, 9.17) is 5.73 Å². The van der Waals surface area contributed by atoms with Crippen LogP contribution in [0.4, 0.5) is 0 Å². The molecule has 2 aromatic rings. The number of carbonyl (C=O) groups excluding carboxylic acids is 2. The number of carbonyl (C=O) groups is 2. The van der Waals surface area contributed by atoms with E-state index in [-0.39, 0.29) is 17.6 Å². The number of nitrogens with one attached hydrogen (secondary N) is 2. The van der Waals surface area contributed by atoms with Gasteiger partial charge in [-0.15, -0.1) is 0 Å². The molecule has 0 aliphatic rings. The van der Waals surface area contributed by atoms with Crippen LogP contribution in [0.3, 0.4) is 0 Å².